The summed E-state index contributed by atoms with van der Waals surface area (Å²) in [6.07, 6.45) is 2.89. The van der Waals surface area contributed by atoms with Gasteiger partial charge in [-0.3, -0.25) is 4.98 Å². The Kier molecular flexibility index (Phi) is 2.82. The molecule has 72 valence electrons. The highest BCUT2D eigenvalue weighted by Crippen LogP contribution is 2.16. The van der Waals surface area contributed by atoms with Crippen LogP contribution in [0.2, 0.25) is 0 Å². The quantitative estimate of drug-likeness (QED) is 0.742. The normalized spacial score (nSPS) is 13.0. The number of aromatic nitrogens is 1. The number of hydrogen-bond donors (Lipinski definition) is 0. The van der Waals surface area contributed by atoms with E-state index in [1.807, 2.05) is 12.3 Å². The Morgan fingerprint density at radius 3 is 3.00 bits per heavy atom. The smallest absolute Gasteiger partial charge is 0.0704 e. The molecular weight excluding hydrogens is 238 g/mol. The molecule has 0 radical (unpaired) electrons. The third-order valence-corrected chi connectivity index (χ3v) is 2.51. The molecule has 1 heterocycles. The molecule has 2 heteroatoms. The van der Waals surface area contributed by atoms with Gasteiger partial charge in [0.05, 0.1) is 5.52 Å². The number of pyridine rings is 1. The largest absolute Gasteiger partial charge is 0.256 e. The molecule has 14 heavy (non-hydrogen) atoms. The second kappa shape index (κ2) is 4.09. The zero-order valence-electron chi connectivity index (χ0n) is 8.07. The maximum Gasteiger partial charge on any atom is 0.0704 e. The van der Waals surface area contributed by atoms with Gasteiger partial charge in [-0.1, -0.05) is 41.1 Å². The molecule has 0 saturated heterocycles. The molecule has 0 saturated carbocycles. The maximum atomic E-state index is 4.33. The summed E-state index contributed by atoms with van der Waals surface area (Å²) in [5.74, 6) is 0. The van der Waals surface area contributed by atoms with Crippen LogP contribution in [0.25, 0.3) is 10.9 Å². The Balaban J connectivity index is 2.41. The van der Waals surface area contributed by atoms with Crippen LogP contribution in [0.1, 0.15) is 12.5 Å². The van der Waals surface area contributed by atoms with Gasteiger partial charge in [0.2, 0.25) is 0 Å². The summed E-state index contributed by atoms with van der Waals surface area (Å²) in [5, 5.41) is 1.21. The zero-order valence-corrected chi connectivity index (χ0v) is 9.66. The summed E-state index contributed by atoms with van der Waals surface area (Å²) < 4.78 is 0. The highest BCUT2D eigenvalue weighted by atomic mass is 79.9. The number of hydrogen-bond acceptors (Lipinski definition) is 1. The Labute approximate surface area is 92.3 Å². The van der Waals surface area contributed by atoms with Crippen LogP contribution >= 0.6 is 15.9 Å². The summed E-state index contributed by atoms with van der Waals surface area (Å²) in [7, 11) is 0. The standard InChI is InChI=1S/C12H12BrN/c1-9(13)7-10-4-5-11-3-2-6-14-12(11)8-10/h2-6,8-9H,7H2,1H3. The lowest BCUT2D eigenvalue weighted by molar-refractivity contribution is 0.961. The summed E-state index contributed by atoms with van der Waals surface area (Å²) >= 11 is 3.55. The van der Waals surface area contributed by atoms with Crippen molar-refractivity contribution in [1.82, 2.24) is 4.98 Å². The van der Waals surface area contributed by atoms with Crippen molar-refractivity contribution in [2.75, 3.05) is 0 Å². The molecule has 1 unspecified atom stereocenters. The summed E-state index contributed by atoms with van der Waals surface area (Å²) in [4.78, 5) is 4.85. The molecular formula is C12H12BrN. The van der Waals surface area contributed by atoms with Gasteiger partial charge in [-0.05, 0) is 24.1 Å². The first kappa shape index (κ1) is 9.66. The maximum absolute atomic E-state index is 4.33. The van der Waals surface area contributed by atoms with Crippen molar-refractivity contribution in [2.45, 2.75) is 18.2 Å². The van der Waals surface area contributed by atoms with E-state index < -0.39 is 0 Å². The van der Waals surface area contributed by atoms with E-state index in [0.717, 1.165) is 11.9 Å². The topological polar surface area (TPSA) is 12.9 Å². The van der Waals surface area contributed by atoms with Crippen LogP contribution in [-0.2, 0) is 6.42 Å². The van der Waals surface area contributed by atoms with Crippen LogP contribution in [0, 0.1) is 0 Å². The van der Waals surface area contributed by atoms with Gasteiger partial charge < -0.3 is 0 Å². The van der Waals surface area contributed by atoms with Gasteiger partial charge in [0.1, 0.15) is 0 Å². The van der Waals surface area contributed by atoms with Gasteiger partial charge in [0.25, 0.3) is 0 Å². The predicted octanol–water partition coefficient (Wildman–Crippen LogP) is 3.56. The lowest BCUT2D eigenvalue weighted by Crippen LogP contribution is -1.96. The minimum atomic E-state index is 0.517. The molecule has 1 atom stereocenters. The summed E-state index contributed by atoms with van der Waals surface area (Å²) in [6.45, 7) is 2.16. The van der Waals surface area contributed by atoms with Crippen molar-refractivity contribution in [3.63, 3.8) is 0 Å². The molecule has 0 aliphatic heterocycles. The minimum Gasteiger partial charge on any atom is -0.256 e. The molecule has 0 amide bonds. The van der Waals surface area contributed by atoms with E-state index in [4.69, 9.17) is 0 Å². The third-order valence-electron chi connectivity index (χ3n) is 2.19. The minimum absolute atomic E-state index is 0.517. The van der Waals surface area contributed by atoms with Crippen LogP contribution in [0.5, 0.6) is 0 Å². The van der Waals surface area contributed by atoms with E-state index in [1.165, 1.54) is 10.9 Å². The fourth-order valence-electron chi connectivity index (χ4n) is 1.56. The number of alkyl halides is 1. The third kappa shape index (κ3) is 2.13. The van der Waals surface area contributed by atoms with Gasteiger partial charge in [-0.2, -0.15) is 0 Å². The van der Waals surface area contributed by atoms with E-state index in [1.54, 1.807) is 0 Å². The molecule has 0 bridgehead atoms. The average Bonchev–Trinajstić information content (AvgIpc) is 2.17. The van der Waals surface area contributed by atoms with Crippen LogP contribution in [0.15, 0.2) is 36.5 Å². The van der Waals surface area contributed by atoms with Crippen molar-refractivity contribution in [3.05, 3.63) is 42.1 Å². The fourth-order valence-corrected chi connectivity index (χ4v) is 1.94. The number of fused-ring (bicyclic) bond motifs is 1. The van der Waals surface area contributed by atoms with E-state index in [9.17, 15) is 0 Å². The summed E-state index contributed by atoms with van der Waals surface area (Å²) in [6, 6.07) is 10.5. The van der Waals surface area contributed by atoms with E-state index in [2.05, 4.69) is 52.1 Å². The Hall–Kier alpha value is -0.890. The average molecular weight is 250 g/mol. The number of rotatable bonds is 2. The van der Waals surface area contributed by atoms with Crippen molar-refractivity contribution >= 4 is 26.8 Å². The first-order chi connectivity index (χ1) is 6.75. The fraction of sp³-hybridized carbons (Fsp3) is 0.250. The molecule has 0 N–H and O–H groups in total. The number of nitrogens with zero attached hydrogens (tertiary/aromatic N) is 1. The van der Waals surface area contributed by atoms with Crippen molar-refractivity contribution in [2.24, 2.45) is 0 Å². The van der Waals surface area contributed by atoms with Gasteiger partial charge in [0.15, 0.2) is 0 Å². The van der Waals surface area contributed by atoms with Crippen molar-refractivity contribution in [1.29, 1.82) is 0 Å². The highest BCUT2D eigenvalue weighted by molar-refractivity contribution is 9.09. The van der Waals surface area contributed by atoms with Crippen LogP contribution in [-0.4, -0.2) is 9.81 Å². The lowest BCUT2D eigenvalue weighted by atomic mass is 10.1. The number of benzene rings is 1. The Bertz CT molecular complexity index is 437. The molecule has 0 aliphatic rings. The van der Waals surface area contributed by atoms with E-state index in [0.29, 0.717) is 4.83 Å². The van der Waals surface area contributed by atoms with Crippen LogP contribution in [0.3, 0.4) is 0 Å². The van der Waals surface area contributed by atoms with Gasteiger partial charge in [0, 0.05) is 16.4 Å². The van der Waals surface area contributed by atoms with E-state index in [-0.39, 0.29) is 0 Å². The molecule has 1 aromatic carbocycles. The van der Waals surface area contributed by atoms with Crippen molar-refractivity contribution < 1.29 is 0 Å². The van der Waals surface area contributed by atoms with Gasteiger partial charge in [-0.25, -0.2) is 0 Å². The molecule has 1 nitrogen and oxygen atoms in total. The first-order valence-corrected chi connectivity index (χ1v) is 5.65. The Morgan fingerprint density at radius 2 is 2.21 bits per heavy atom. The highest BCUT2D eigenvalue weighted by Gasteiger charge is 2.00. The van der Waals surface area contributed by atoms with Crippen molar-refractivity contribution in [3.8, 4) is 0 Å². The molecule has 2 aromatic rings. The van der Waals surface area contributed by atoms with Crippen LogP contribution in [0.4, 0.5) is 0 Å². The second-order valence-corrected chi connectivity index (χ2v) is 5.08. The van der Waals surface area contributed by atoms with Gasteiger partial charge in [-0.15, -0.1) is 0 Å². The number of halogens is 1. The second-order valence-electron chi connectivity index (χ2n) is 3.52. The molecule has 0 aliphatic carbocycles. The predicted molar refractivity (Wildman–Crippen MR) is 63.8 cm³/mol. The molecule has 1 aromatic heterocycles. The molecule has 2 rings (SSSR count). The monoisotopic (exact) mass is 249 g/mol. The first-order valence-electron chi connectivity index (χ1n) is 4.73. The molecule has 0 spiro atoms. The molecule has 0 fully saturated rings. The van der Waals surface area contributed by atoms with Crippen LogP contribution < -0.4 is 0 Å². The summed E-state index contributed by atoms with van der Waals surface area (Å²) in [5.41, 5.74) is 2.42. The van der Waals surface area contributed by atoms with E-state index >= 15 is 0 Å². The Morgan fingerprint density at radius 1 is 1.36 bits per heavy atom. The van der Waals surface area contributed by atoms with Gasteiger partial charge >= 0.3 is 0 Å². The lowest BCUT2D eigenvalue weighted by Gasteiger charge is -2.04. The zero-order chi connectivity index (χ0) is 9.97. The SMILES string of the molecule is CC(Br)Cc1ccc2cccnc2c1.